The van der Waals surface area contributed by atoms with Gasteiger partial charge in [-0.3, -0.25) is 4.79 Å². The van der Waals surface area contributed by atoms with Gasteiger partial charge < -0.3 is 10.4 Å². The molecule has 0 saturated carbocycles. The van der Waals surface area contributed by atoms with Crippen molar-refractivity contribution in [2.75, 3.05) is 11.5 Å². The molecule has 1 aromatic carbocycles. The van der Waals surface area contributed by atoms with E-state index >= 15 is 0 Å². The van der Waals surface area contributed by atoms with E-state index in [1.165, 1.54) is 0 Å². The number of nitrogens with one attached hydrogen (secondary N) is 1. The summed E-state index contributed by atoms with van der Waals surface area (Å²) in [5, 5.41) is 16.9. The van der Waals surface area contributed by atoms with Gasteiger partial charge in [0.05, 0.1) is 5.69 Å². The number of hydrogen-bond acceptors (Lipinski definition) is 4. The molecule has 2 N–H and O–H groups in total. The molecule has 1 aromatic heterocycles. The zero-order valence-electron chi connectivity index (χ0n) is 13.7. The number of rotatable bonds is 4. The number of carbonyl (C=O) groups is 2. The fourth-order valence-electron chi connectivity index (χ4n) is 3.56. The smallest absolute Gasteiger partial charge is 0.330 e. The van der Waals surface area contributed by atoms with Gasteiger partial charge in [0.15, 0.2) is 5.69 Å². The van der Waals surface area contributed by atoms with Gasteiger partial charge in [-0.1, -0.05) is 18.2 Å². The van der Waals surface area contributed by atoms with E-state index in [9.17, 15) is 14.7 Å². The minimum absolute atomic E-state index is 0.369. The van der Waals surface area contributed by atoms with Gasteiger partial charge in [0.1, 0.15) is 5.54 Å². The van der Waals surface area contributed by atoms with E-state index in [1.807, 2.05) is 35.0 Å². The van der Waals surface area contributed by atoms with Crippen LogP contribution in [0.3, 0.4) is 0 Å². The first-order valence-electron chi connectivity index (χ1n) is 8.40. The largest absolute Gasteiger partial charge is 0.479 e. The van der Waals surface area contributed by atoms with Crippen LogP contribution in [-0.4, -0.2) is 43.8 Å². The first kappa shape index (κ1) is 16.2. The molecule has 130 valence electrons. The molecule has 1 fully saturated rings. The second kappa shape index (κ2) is 6.22. The Morgan fingerprint density at radius 1 is 1.24 bits per heavy atom. The molecule has 2 heterocycles. The average molecular weight is 357 g/mol. The van der Waals surface area contributed by atoms with Crippen molar-refractivity contribution in [1.82, 2.24) is 15.1 Å². The number of carboxylic acid groups (broad SMARTS) is 1. The molecule has 1 saturated heterocycles. The molecule has 4 rings (SSSR count). The Hall–Kier alpha value is -2.28. The van der Waals surface area contributed by atoms with E-state index in [2.05, 4.69) is 10.4 Å². The minimum atomic E-state index is -1.18. The summed E-state index contributed by atoms with van der Waals surface area (Å²) < 4.78 is 1.83. The van der Waals surface area contributed by atoms with Crippen LogP contribution < -0.4 is 5.32 Å². The fraction of sp³-hybridized carbons (Fsp3) is 0.389. The molecule has 6 nitrogen and oxygen atoms in total. The van der Waals surface area contributed by atoms with Crippen LogP contribution in [0.2, 0.25) is 0 Å². The number of thioether (sulfide) groups is 1. The molecule has 0 spiro atoms. The number of hydrogen-bond donors (Lipinski definition) is 2. The minimum Gasteiger partial charge on any atom is -0.479 e. The lowest BCUT2D eigenvalue weighted by Crippen LogP contribution is -2.55. The van der Waals surface area contributed by atoms with Crippen LogP contribution in [0.25, 0.3) is 5.69 Å². The second-order valence-electron chi connectivity index (χ2n) is 6.52. The highest BCUT2D eigenvalue weighted by atomic mass is 32.2. The van der Waals surface area contributed by atoms with E-state index < -0.39 is 11.5 Å². The Kier molecular flexibility index (Phi) is 4.03. The summed E-state index contributed by atoms with van der Waals surface area (Å²) in [6, 6.07) is 9.73. The zero-order valence-corrected chi connectivity index (χ0v) is 14.5. The molecule has 1 unspecified atom stereocenters. The number of aliphatic carboxylic acids is 1. The number of carboxylic acids is 1. The van der Waals surface area contributed by atoms with Gasteiger partial charge in [-0.15, -0.1) is 0 Å². The number of benzene rings is 1. The average Bonchev–Trinajstić information content (AvgIpc) is 3.32. The first-order valence-corrected chi connectivity index (χ1v) is 9.56. The van der Waals surface area contributed by atoms with Crippen LogP contribution >= 0.6 is 11.8 Å². The fourth-order valence-corrected chi connectivity index (χ4v) is 4.89. The van der Waals surface area contributed by atoms with E-state index in [1.54, 1.807) is 11.8 Å². The van der Waals surface area contributed by atoms with Crippen LogP contribution in [0.15, 0.2) is 30.3 Å². The molecule has 2 aliphatic rings. The predicted molar refractivity (Wildman–Crippen MR) is 95.4 cm³/mol. The van der Waals surface area contributed by atoms with Crippen LogP contribution in [0.5, 0.6) is 0 Å². The molecule has 1 amide bonds. The summed E-state index contributed by atoms with van der Waals surface area (Å²) in [7, 11) is 0. The normalized spacial score (nSPS) is 21.9. The quantitative estimate of drug-likeness (QED) is 0.875. The van der Waals surface area contributed by atoms with Gasteiger partial charge in [0.2, 0.25) is 0 Å². The maximum atomic E-state index is 12.9. The SMILES string of the molecule is O=C(NC1(C(=O)O)CCSC1)c1nn(-c2ccccc2)c2c1CCC2. The van der Waals surface area contributed by atoms with Gasteiger partial charge >= 0.3 is 5.97 Å². The molecule has 1 aliphatic heterocycles. The third-order valence-corrected chi connectivity index (χ3v) is 6.12. The highest BCUT2D eigenvalue weighted by Crippen LogP contribution is 2.31. The number of fused-ring (bicyclic) bond motifs is 1. The molecular weight excluding hydrogens is 338 g/mol. The van der Waals surface area contributed by atoms with Crippen LogP contribution in [0, 0.1) is 0 Å². The summed E-state index contributed by atoms with van der Waals surface area (Å²) in [5.41, 5.74) is 2.12. The van der Waals surface area contributed by atoms with Gasteiger partial charge in [-0.2, -0.15) is 16.9 Å². The van der Waals surface area contributed by atoms with Crippen LogP contribution in [0.1, 0.15) is 34.6 Å². The van der Waals surface area contributed by atoms with Gasteiger partial charge in [-0.25, -0.2) is 9.48 Å². The molecule has 1 aliphatic carbocycles. The van der Waals surface area contributed by atoms with Crippen molar-refractivity contribution in [3.8, 4) is 5.69 Å². The van der Waals surface area contributed by atoms with Crippen molar-refractivity contribution in [2.45, 2.75) is 31.2 Å². The van der Waals surface area contributed by atoms with Gasteiger partial charge in [0.25, 0.3) is 5.91 Å². The molecule has 25 heavy (non-hydrogen) atoms. The summed E-state index contributed by atoms with van der Waals surface area (Å²) in [6.07, 6.45) is 3.12. The Balaban J connectivity index is 1.69. The van der Waals surface area contributed by atoms with Gasteiger partial charge in [-0.05, 0) is 43.6 Å². The molecule has 0 bridgehead atoms. The molecule has 7 heteroatoms. The third kappa shape index (κ3) is 2.72. The third-order valence-electron chi connectivity index (χ3n) is 4.93. The lowest BCUT2D eigenvalue weighted by atomic mass is 9.98. The van der Waals surface area contributed by atoms with Gasteiger partial charge in [0, 0.05) is 17.0 Å². The number of nitrogens with zero attached hydrogens (tertiary/aromatic N) is 2. The van der Waals surface area contributed by atoms with E-state index in [0.29, 0.717) is 17.9 Å². The maximum Gasteiger partial charge on any atom is 0.330 e. The monoisotopic (exact) mass is 357 g/mol. The highest BCUT2D eigenvalue weighted by Gasteiger charge is 2.44. The van der Waals surface area contributed by atoms with Crippen molar-refractivity contribution in [3.05, 3.63) is 47.3 Å². The standard InChI is InChI=1S/C18H19N3O3S/c22-16(19-18(17(23)24)9-10-25-11-18)15-13-7-4-8-14(13)21(20-15)12-5-2-1-3-6-12/h1-3,5-6H,4,7-11H2,(H,19,22)(H,23,24). The van der Waals surface area contributed by atoms with Crippen LogP contribution in [0.4, 0.5) is 0 Å². The predicted octanol–water partition coefficient (Wildman–Crippen LogP) is 2.05. The summed E-state index contributed by atoms with van der Waals surface area (Å²) in [4.78, 5) is 24.6. The summed E-state index contributed by atoms with van der Waals surface area (Å²) >= 11 is 1.55. The van der Waals surface area contributed by atoms with E-state index in [-0.39, 0.29) is 5.91 Å². The van der Waals surface area contributed by atoms with Crippen molar-refractivity contribution in [1.29, 1.82) is 0 Å². The van der Waals surface area contributed by atoms with E-state index in [4.69, 9.17) is 0 Å². The maximum absolute atomic E-state index is 12.9. The first-order chi connectivity index (χ1) is 12.1. The van der Waals surface area contributed by atoms with Crippen molar-refractivity contribution in [2.24, 2.45) is 0 Å². The summed E-state index contributed by atoms with van der Waals surface area (Å²) in [6.45, 7) is 0. The Morgan fingerprint density at radius 2 is 2.04 bits per heavy atom. The van der Waals surface area contributed by atoms with Crippen molar-refractivity contribution in [3.63, 3.8) is 0 Å². The molecule has 2 aromatic rings. The molecule has 0 radical (unpaired) electrons. The number of para-hydroxylation sites is 1. The topological polar surface area (TPSA) is 84.2 Å². The Morgan fingerprint density at radius 3 is 2.72 bits per heavy atom. The van der Waals surface area contributed by atoms with E-state index in [0.717, 1.165) is 42.0 Å². The highest BCUT2D eigenvalue weighted by molar-refractivity contribution is 7.99. The van der Waals surface area contributed by atoms with Crippen LogP contribution in [-0.2, 0) is 17.6 Å². The lowest BCUT2D eigenvalue weighted by molar-refractivity contribution is -0.143. The summed E-state index contributed by atoms with van der Waals surface area (Å²) in [5.74, 6) is -0.207. The van der Waals surface area contributed by atoms with Crippen molar-refractivity contribution >= 4 is 23.6 Å². The Bertz CT molecular complexity index is 826. The molecule has 1 atom stereocenters. The number of amides is 1. The van der Waals surface area contributed by atoms with Crippen molar-refractivity contribution < 1.29 is 14.7 Å². The second-order valence-corrected chi connectivity index (χ2v) is 7.62. The number of carbonyl (C=O) groups excluding carboxylic acids is 1. The number of aromatic nitrogens is 2. The lowest BCUT2D eigenvalue weighted by Gasteiger charge is -2.24. The molecular formula is C18H19N3O3S. The zero-order chi connectivity index (χ0) is 17.4. The Labute approximate surface area is 149 Å².